The lowest BCUT2D eigenvalue weighted by molar-refractivity contribution is -0.141. The maximum Gasteiger partial charge on any atom is 0.242 e. The van der Waals surface area contributed by atoms with Crippen molar-refractivity contribution in [2.45, 2.75) is 6.42 Å². The van der Waals surface area contributed by atoms with Crippen molar-refractivity contribution in [3.8, 4) is 0 Å². The molecule has 0 aromatic heterocycles. The Morgan fingerprint density at radius 3 is 2.59 bits per heavy atom. The third-order valence-electron chi connectivity index (χ3n) is 2.75. The summed E-state index contributed by atoms with van der Waals surface area (Å²) in [5, 5.41) is 2.91. The number of hydrogen-bond donors (Lipinski definition) is 1. The first-order chi connectivity index (χ1) is 8.15. The molecule has 0 aliphatic carbocycles. The number of carbonyl (C=O) groups excluding carboxylic acids is 2. The highest BCUT2D eigenvalue weighted by Crippen LogP contribution is 1.99. The molecule has 2 amide bonds. The molecule has 1 heterocycles. The molecule has 0 radical (unpaired) electrons. The summed E-state index contributed by atoms with van der Waals surface area (Å²) in [6.45, 7) is 3.21. The molecule has 0 unspecified atom stereocenters. The van der Waals surface area contributed by atoms with Gasteiger partial charge in [0, 0.05) is 33.1 Å². The molecule has 6 heteroatoms. The van der Waals surface area contributed by atoms with E-state index in [-0.39, 0.29) is 18.4 Å². The van der Waals surface area contributed by atoms with Gasteiger partial charge in [0.2, 0.25) is 11.8 Å². The number of amides is 2. The monoisotopic (exact) mass is 243 g/mol. The van der Waals surface area contributed by atoms with E-state index in [1.807, 2.05) is 0 Å². The van der Waals surface area contributed by atoms with Crippen molar-refractivity contribution < 1.29 is 14.3 Å². The summed E-state index contributed by atoms with van der Waals surface area (Å²) in [4.78, 5) is 26.7. The third kappa shape index (κ3) is 4.70. The Labute approximate surface area is 102 Å². The van der Waals surface area contributed by atoms with E-state index < -0.39 is 0 Å². The van der Waals surface area contributed by atoms with Crippen LogP contribution in [0.1, 0.15) is 6.42 Å². The van der Waals surface area contributed by atoms with Crippen LogP contribution in [0.25, 0.3) is 0 Å². The molecule has 1 aliphatic heterocycles. The number of ether oxygens (including phenoxy) is 1. The summed E-state index contributed by atoms with van der Waals surface area (Å²) in [7, 11) is 3.46. The van der Waals surface area contributed by atoms with Crippen LogP contribution in [0, 0.1) is 0 Å². The fraction of sp³-hybridized carbons (Fsp3) is 0.818. The van der Waals surface area contributed by atoms with Crippen molar-refractivity contribution in [2.75, 3.05) is 53.5 Å². The topological polar surface area (TPSA) is 61.9 Å². The average Bonchev–Trinajstić information content (AvgIpc) is 2.36. The van der Waals surface area contributed by atoms with Gasteiger partial charge in [-0.15, -0.1) is 0 Å². The minimum absolute atomic E-state index is 0.00592. The van der Waals surface area contributed by atoms with Crippen molar-refractivity contribution in [3.05, 3.63) is 0 Å². The van der Waals surface area contributed by atoms with Gasteiger partial charge in [0.1, 0.15) is 0 Å². The summed E-state index contributed by atoms with van der Waals surface area (Å²) in [5.74, 6) is -0.0189. The summed E-state index contributed by atoms with van der Waals surface area (Å²) in [6, 6.07) is 0. The molecule has 1 rings (SSSR count). The van der Waals surface area contributed by atoms with Gasteiger partial charge in [0.15, 0.2) is 0 Å². The molecule has 98 valence electrons. The normalized spacial score (nSPS) is 15.8. The van der Waals surface area contributed by atoms with Crippen LogP contribution in [-0.4, -0.2) is 75.1 Å². The quantitative estimate of drug-likeness (QED) is 0.667. The summed E-state index contributed by atoms with van der Waals surface area (Å²) < 4.78 is 5.17. The van der Waals surface area contributed by atoms with E-state index in [2.05, 4.69) is 5.32 Å². The van der Waals surface area contributed by atoms with Crippen LogP contribution in [-0.2, 0) is 14.3 Å². The standard InChI is InChI=1S/C11H21N3O3/c1-12-4-3-10(15)13(2)9-11(16)14-5-7-17-8-6-14/h12H,3-9H2,1-2H3. The smallest absolute Gasteiger partial charge is 0.242 e. The molecule has 1 N–H and O–H groups in total. The second kappa shape index (κ2) is 7.24. The fourth-order valence-corrected chi connectivity index (χ4v) is 1.63. The van der Waals surface area contributed by atoms with Gasteiger partial charge in [-0.25, -0.2) is 0 Å². The number of hydrogen-bond acceptors (Lipinski definition) is 4. The van der Waals surface area contributed by atoms with Gasteiger partial charge < -0.3 is 19.9 Å². The Balaban J connectivity index is 2.31. The van der Waals surface area contributed by atoms with Crippen molar-refractivity contribution in [2.24, 2.45) is 0 Å². The van der Waals surface area contributed by atoms with Gasteiger partial charge in [-0.05, 0) is 7.05 Å². The lowest BCUT2D eigenvalue weighted by atomic mass is 10.3. The minimum atomic E-state index is -0.0130. The molecule has 0 bridgehead atoms. The molecule has 0 spiro atoms. The average molecular weight is 243 g/mol. The van der Waals surface area contributed by atoms with E-state index in [1.165, 1.54) is 4.90 Å². The first kappa shape index (κ1) is 13.9. The number of rotatable bonds is 5. The van der Waals surface area contributed by atoms with Crippen molar-refractivity contribution in [3.63, 3.8) is 0 Å². The molecule has 1 aliphatic rings. The van der Waals surface area contributed by atoms with Gasteiger partial charge in [-0.1, -0.05) is 0 Å². The van der Waals surface area contributed by atoms with Crippen molar-refractivity contribution in [1.29, 1.82) is 0 Å². The largest absolute Gasteiger partial charge is 0.378 e. The second-order valence-electron chi connectivity index (χ2n) is 4.10. The van der Waals surface area contributed by atoms with Crippen LogP contribution < -0.4 is 5.32 Å². The zero-order valence-corrected chi connectivity index (χ0v) is 10.6. The van der Waals surface area contributed by atoms with E-state index in [0.717, 1.165) is 0 Å². The van der Waals surface area contributed by atoms with E-state index in [1.54, 1.807) is 19.0 Å². The molecule has 1 fully saturated rings. The first-order valence-electron chi connectivity index (χ1n) is 5.89. The van der Waals surface area contributed by atoms with Crippen LogP contribution in [0.2, 0.25) is 0 Å². The van der Waals surface area contributed by atoms with Gasteiger partial charge in [0.05, 0.1) is 19.8 Å². The van der Waals surface area contributed by atoms with E-state index >= 15 is 0 Å². The lowest BCUT2D eigenvalue weighted by Gasteiger charge is -2.28. The minimum Gasteiger partial charge on any atom is -0.378 e. The Morgan fingerprint density at radius 2 is 2.00 bits per heavy atom. The highest BCUT2D eigenvalue weighted by Gasteiger charge is 2.19. The SMILES string of the molecule is CNCCC(=O)N(C)CC(=O)N1CCOCC1. The lowest BCUT2D eigenvalue weighted by Crippen LogP contribution is -2.46. The number of likely N-dealkylation sites (N-methyl/N-ethyl adjacent to an activating group) is 1. The zero-order chi connectivity index (χ0) is 12.7. The van der Waals surface area contributed by atoms with Crippen LogP contribution in [0.4, 0.5) is 0 Å². The van der Waals surface area contributed by atoms with Crippen LogP contribution >= 0.6 is 0 Å². The number of nitrogens with zero attached hydrogens (tertiary/aromatic N) is 2. The summed E-state index contributed by atoms with van der Waals surface area (Å²) >= 11 is 0. The molecule has 1 saturated heterocycles. The highest BCUT2D eigenvalue weighted by molar-refractivity contribution is 5.84. The van der Waals surface area contributed by atoms with Crippen LogP contribution in [0.15, 0.2) is 0 Å². The molecular weight excluding hydrogens is 222 g/mol. The Bertz CT molecular complexity index is 265. The van der Waals surface area contributed by atoms with Gasteiger partial charge in [0.25, 0.3) is 0 Å². The van der Waals surface area contributed by atoms with Crippen molar-refractivity contribution >= 4 is 11.8 Å². The zero-order valence-electron chi connectivity index (χ0n) is 10.6. The fourth-order valence-electron chi connectivity index (χ4n) is 1.63. The molecular formula is C11H21N3O3. The molecule has 0 aromatic rings. The van der Waals surface area contributed by atoms with Gasteiger partial charge >= 0.3 is 0 Å². The maximum atomic E-state index is 11.8. The summed E-state index contributed by atoms with van der Waals surface area (Å²) in [5.41, 5.74) is 0. The molecule has 0 atom stereocenters. The molecule has 0 aromatic carbocycles. The predicted molar refractivity (Wildman–Crippen MR) is 63.6 cm³/mol. The van der Waals surface area contributed by atoms with E-state index in [0.29, 0.717) is 39.3 Å². The van der Waals surface area contributed by atoms with Crippen LogP contribution in [0.5, 0.6) is 0 Å². The Hall–Kier alpha value is -1.14. The second-order valence-corrected chi connectivity index (χ2v) is 4.10. The maximum absolute atomic E-state index is 11.8. The van der Waals surface area contributed by atoms with Gasteiger partial charge in [-0.3, -0.25) is 9.59 Å². The first-order valence-corrected chi connectivity index (χ1v) is 5.89. The Kier molecular flexibility index (Phi) is 5.93. The molecule has 0 saturated carbocycles. The van der Waals surface area contributed by atoms with Crippen LogP contribution in [0.3, 0.4) is 0 Å². The van der Waals surface area contributed by atoms with E-state index in [4.69, 9.17) is 4.74 Å². The molecule has 17 heavy (non-hydrogen) atoms. The third-order valence-corrected chi connectivity index (χ3v) is 2.75. The molecule has 6 nitrogen and oxygen atoms in total. The Morgan fingerprint density at radius 1 is 1.35 bits per heavy atom. The van der Waals surface area contributed by atoms with E-state index in [9.17, 15) is 9.59 Å². The summed E-state index contributed by atoms with van der Waals surface area (Å²) in [6.07, 6.45) is 0.420. The number of nitrogens with one attached hydrogen (secondary N) is 1. The predicted octanol–water partition coefficient (Wildman–Crippen LogP) is -1.09. The van der Waals surface area contributed by atoms with Gasteiger partial charge in [-0.2, -0.15) is 0 Å². The number of carbonyl (C=O) groups is 2. The number of morpholine rings is 1. The van der Waals surface area contributed by atoms with Crippen molar-refractivity contribution in [1.82, 2.24) is 15.1 Å². The highest BCUT2D eigenvalue weighted by atomic mass is 16.5.